The maximum atomic E-state index is 13.5. The topological polar surface area (TPSA) is 104 Å². The van der Waals surface area contributed by atoms with Crippen LogP contribution >= 0.6 is 0 Å². The van der Waals surface area contributed by atoms with Gasteiger partial charge in [0, 0.05) is 31.1 Å². The first kappa shape index (κ1) is 19.9. The number of nitrogens with one attached hydrogen (secondary N) is 3. The highest BCUT2D eigenvalue weighted by molar-refractivity contribution is 7.89. The van der Waals surface area contributed by atoms with Crippen molar-refractivity contribution < 1.29 is 26.8 Å². The minimum atomic E-state index is -3.86. The molecule has 0 aromatic heterocycles. The quantitative estimate of drug-likeness (QED) is 0.680. The highest BCUT2D eigenvalue weighted by Crippen LogP contribution is 2.25. The largest absolute Gasteiger partial charge is 0.326 e. The Labute approximate surface area is 160 Å². The molecular formula is C18H17F2N3O4S. The average Bonchev–Trinajstić information content (AvgIpc) is 2.63. The summed E-state index contributed by atoms with van der Waals surface area (Å²) in [5.41, 5.74) is 1.11. The summed E-state index contributed by atoms with van der Waals surface area (Å²) < 4.78 is 53.4. The number of amides is 2. The zero-order valence-corrected chi connectivity index (χ0v) is 15.4. The van der Waals surface area contributed by atoms with Gasteiger partial charge in [0.05, 0.1) is 10.6 Å². The molecule has 2 amide bonds. The molecule has 0 fully saturated rings. The van der Waals surface area contributed by atoms with Gasteiger partial charge in [0.2, 0.25) is 21.8 Å². The van der Waals surface area contributed by atoms with Crippen LogP contribution in [0.5, 0.6) is 0 Å². The van der Waals surface area contributed by atoms with E-state index in [1.807, 2.05) is 0 Å². The number of benzene rings is 2. The summed E-state index contributed by atoms with van der Waals surface area (Å²) in [6.45, 7) is -0.204. The van der Waals surface area contributed by atoms with Gasteiger partial charge < -0.3 is 10.6 Å². The van der Waals surface area contributed by atoms with Crippen molar-refractivity contribution in [2.24, 2.45) is 0 Å². The number of anilines is 2. The number of carbonyl (C=O) groups excluding carboxylic acids is 2. The SMILES string of the molecule is O=C(CCNS(=O)(=O)c1ccc2c(c1)CCC(=O)N2)Nc1ccc(F)cc1F. The molecule has 1 aliphatic heterocycles. The van der Waals surface area contributed by atoms with Crippen molar-refractivity contribution in [2.75, 3.05) is 17.2 Å². The molecule has 28 heavy (non-hydrogen) atoms. The molecule has 1 aliphatic rings. The molecule has 0 unspecified atom stereocenters. The van der Waals surface area contributed by atoms with Crippen LogP contribution in [-0.4, -0.2) is 26.8 Å². The maximum Gasteiger partial charge on any atom is 0.240 e. The Morgan fingerprint density at radius 1 is 1.11 bits per heavy atom. The lowest BCUT2D eigenvalue weighted by molar-refractivity contribution is -0.117. The van der Waals surface area contributed by atoms with Gasteiger partial charge in [-0.3, -0.25) is 9.59 Å². The normalized spacial score (nSPS) is 13.6. The van der Waals surface area contributed by atoms with E-state index in [1.165, 1.54) is 18.2 Å². The first-order chi connectivity index (χ1) is 13.2. The van der Waals surface area contributed by atoms with Crippen LogP contribution < -0.4 is 15.4 Å². The average molecular weight is 409 g/mol. The van der Waals surface area contributed by atoms with Crippen LogP contribution in [0.1, 0.15) is 18.4 Å². The number of hydrogen-bond acceptors (Lipinski definition) is 4. The van der Waals surface area contributed by atoms with Crippen molar-refractivity contribution >= 4 is 33.2 Å². The fraction of sp³-hybridized carbons (Fsp3) is 0.222. The summed E-state index contributed by atoms with van der Waals surface area (Å²) in [6, 6.07) is 7.08. The first-order valence-electron chi connectivity index (χ1n) is 8.42. The first-order valence-corrected chi connectivity index (χ1v) is 9.90. The fourth-order valence-electron chi connectivity index (χ4n) is 2.71. The second-order valence-corrected chi connectivity index (χ2v) is 7.95. The van der Waals surface area contributed by atoms with Crippen molar-refractivity contribution in [3.05, 3.63) is 53.6 Å². The Morgan fingerprint density at radius 2 is 1.89 bits per heavy atom. The van der Waals surface area contributed by atoms with Crippen molar-refractivity contribution in [1.82, 2.24) is 4.72 Å². The summed E-state index contributed by atoms with van der Waals surface area (Å²) >= 11 is 0. The van der Waals surface area contributed by atoms with Gasteiger partial charge in [-0.15, -0.1) is 0 Å². The van der Waals surface area contributed by atoms with E-state index in [1.54, 1.807) is 0 Å². The van der Waals surface area contributed by atoms with Crippen LogP contribution in [0.3, 0.4) is 0 Å². The third kappa shape index (κ3) is 4.70. The van der Waals surface area contributed by atoms with Crippen molar-refractivity contribution in [3.8, 4) is 0 Å². The monoisotopic (exact) mass is 409 g/mol. The molecule has 0 radical (unpaired) electrons. The minimum Gasteiger partial charge on any atom is -0.326 e. The lowest BCUT2D eigenvalue weighted by Crippen LogP contribution is -2.28. The highest BCUT2D eigenvalue weighted by Gasteiger charge is 2.20. The van der Waals surface area contributed by atoms with Gasteiger partial charge in [-0.1, -0.05) is 0 Å². The van der Waals surface area contributed by atoms with Gasteiger partial charge in [0.15, 0.2) is 0 Å². The van der Waals surface area contributed by atoms with Crippen LogP contribution in [0.15, 0.2) is 41.3 Å². The summed E-state index contributed by atoms with van der Waals surface area (Å²) in [7, 11) is -3.86. The van der Waals surface area contributed by atoms with E-state index in [9.17, 15) is 26.8 Å². The number of fused-ring (bicyclic) bond motifs is 1. The van der Waals surface area contributed by atoms with E-state index in [4.69, 9.17) is 0 Å². The zero-order valence-electron chi connectivity index (χ0n) is 14.6. The summed E-state index contributed by atoms with van der Waals surface area (Å²) in [5, 5.41) is 4.92. The Balaban J connectivity index is 1.58. The van der Waals surface area contributed by atoms with Gasteiger partial charge in [-0.2, -0.15) is 0 Å². The number of halogens is 2. The Bertz CT molecular complexity index is 1040. The smallest absolute Gasteiger partial charge is 0.240 e. The molecule has 3 N–H and O–H groups in total. The van der Waals surface area contributed by atoms with Crippen molar-refractivity contribution in [3.63, 3.8) is 0 Å². The lowest BCUT2D eigenvalue weighted by Gasteiger charge is -2.17. The van der Waals surface area contributed by atoms with Gasteiger partial charge in [-0.25, -0.2) is 21.9 Å². The lowest BCUT2D eigenvalue weighted by atomic mass is 10.0. The molecule has 0 spiro atoms. The van der Waals surface area contributed by atoms with Crippen LogP contribution in [0.4, 0.5) is 20.2 Å². The van der Waals surface area contributed by atoms with E-state index in [0.717, 1.165) is 12.1 Å². The third-order valence-electron chi connectivity index (χ3n) is 4.13. The molecule has 0 saturated heterocycles. The van der Waals surface area contributed by atoms with Gasteiger partial charge in [0.25, 0.3) is 0 Å². The molecule has 2 aromatic rings. The van der Waals surface area contributed by atoms with E-state index in [-0.39, 0.29) is 35.9 Å². The predicted octanol–water partition coefficient (Wildman–Crippen LogP) is 2.16. The van der Waals surface area contributed by atoms with Crippen LogP contribution in [-0.2, 0) is 26.0 Å². The molecule has 0 aliphatic carbocycles. The second kappa shape index (κ2) is 8.03. The highest BCUT2D eigenvalue weighted by atomic mass is 32.2. The van der Waals surface area contributed by atoms with Gasteiger partial charge in [0.1, 0.15) is 11.6 Å². The molecule has 0 bridgehead atoms. The third-order valence-corrected chi connectivity index (χ3v) is 5.59. The number of hydrogen-bond donors (Lipinski definition) is 3. The summed E-state index contributed by atoms with van der Waals surface area (Å²) in [4.78, 5) is 23.2. The van der Waals surface area contributed by atoms with Crippen LogP contribution in [0, 0.1) is 11.6 Å². The van der Waals surface area contributed by atoms with Gasteiger partial charge >= 0.3 is 0 Å². The summed E-state index contributed by atoms with van der Waals surface area (Å²) in [5.74, 6) is -2.44. The van der Waals surface area contributed by atoms with Crippen LogP contribution in [0.2, 0.25) is 0 Å². The molecule has 0 saturated carbocycles. The van der Waals surface area contributed by atoms with Crippen molar-refractivity contribution in [2.45, 2.75) is 24.2 Å². The van der Waals surface area contributed by atoms with E-state index >= 15 is 0 Å². The van der Waals surface area contributed by atoms with E-state index in [2.05, 4.69) is 15.4 Å². The number of sulfonamides is 1. The molecule has 7 nitrogen and oxygen atoms in total. The summed E-state index contributed by atoms with van der Waals surface area (Å²) in [6.07, 6.45) is 0.483. The van der Waals surface area contributed by atoms with E-state index in [0.29, 0.717) is 23.7 Å². The van der Waals surface area contributed by atoms with E-state index < -0.39 is 27.6 Å². The minimum absolute atomic E-state index is 0.0207. The number of rotatable bonds is 6. The van der Waals surface area contributed by atoms with Crippen molar-refractivity contribution in [1.29, 1.82) is 0 Å². The molecular weight excluding hydrogens is 392 g/mol. The molecule has 3 rings (SSSR count). The molecule has 1 heterocycles. The molecule has 10 heteroatoms. The number of aryl methyl sites for hydroxylation is 1. The molecule has 148 valence electrons. The van der Waals surface area contributed by atoms with Crippen LogP contribution in [0.25, 0.3) is 0 Å². The fourth-order valence-corrected chi connectivity index (χ4v) is 3.79. The standard InChI is InChI=1S/C18H17F2N3O4S/c19-12-2-4-16(14(20)10-12)23-18(25)7-8-21-28(26,27)13-3-5-15-11(9-13)1-6-17(24)22-15/h2-5,9-10,21H,1,6-8H2,(H,22,24)(H,23,25). The molecule has 0 atom stereocenters. The maximum absolute atomic E-state index is 13.5. The second-order valence-electron chi connectivity index (χ2n) is 6.19. The molecule has 2 aromatic carbocycles. The number of carbonyl (C=O) groups is 2. The Morgan fingerprint density at radius 3 is 2.64 bits per heavy atom. The Hall–Kier alpha value is -2.85. The Kier molecular flexibility index (Phi) is 5.71. The predicted molar refractivity (Wildman–Crippen MR) is 98.2 cm³/mol. The zero-order chi connectivity index (χ0) is 20.3. The van der Waals surface area contributed by atoms with Gasteiger partial charge in [-0.05, 0) is 42.3 Å².